The van der Waals surface area contributed by atoms with E-state index in [0.29, 0.717) is 0 Å². The Kier molecular flexibility index (Phi) is 4.25. The topological polar surface area (TPSA) is 59.4 Å². The van der Waals surface area contributed by atoms with Gasteiger partial charge in [0.1, 0.15) is 9.88 Å². The molecular formula is C14H21F2NO3SSi. The molecule has 1 fully saturated rings. The van der Waals surface area contributed by atoms with Gasteiger partial charge in [0.15, 0.2) is 8.32 Å². The highest BCUT2D eigenvalue weighted by atomic mass is 32.1. The van der Waals surface area contributed by atoms with Crippen LogP contribution in [-0.2, 0) is 11.0 Å². The summed E-state index contributed by atoms with van der Waals surface area (Å²) in [6, 6.07) is 0. The van der Waals surface area contributed by atoms with Crippen LogP contribution in [-0.4, -0.2) is 30.3 Å². The van der Waals surface area contributed by atoms with E-state index < -0.39 is 26.1 Å². The van der Waals surface area contributed by atoms with Crippen molar-refractivity contribution in [1.82, 2.24) is 4.98 Å². The molecule has 1 N–H and O–H groups in total. The maximum atomic E-state index is 13.2. The van der Waals surface area contributed by atoms with Crippen molar-refractivity contribution in [1.29, 1.82) is 0 Å². The van der Waals surface area contributed by atoms with Gasteiger partial charge in [0.25, 0.3) is 5.92 Å². The van der Waals surface area contributed by atoms with Crippen LogP contribution in [0.5, 0.6) is 0 Å². The third-order valence-electron chi connectivity index (χ3n) is 4.41. The van der Waals surface area contributed by atoms with Crippen LogP contribution in [0.25, 0.3) is 0 Å². The fourth-order valence-corrected chi connectivity index (χ4v) is 3.73. The van der Waals surface area contributed by atoms with Crippen molar-refractivity contribution >= 4 is 25.6 Å². The number of aromatic nitrogens is 1. The lowest BCUT2D eigenvalue weighted by Gasteiger charge is -2.35. The number of alkyl halides is 2. The molecule has 1 heterocycles. The van der Waals surface area contributed by atoms with E-state index in [1.165, 1.54) is 0 Å². The maximum absolute atomic E-state index is 13.2. The molecule has 0 saturated heterocycles. The number of hydrogen-bond donors (Lipinski definition) is 1. The molecule has 4 nitrogen and oxygen atoms in total. The van der Waals surface area contributed by atoms with Crippen molar-refractivity contribution in [3.8, 4) is 0 Å². The number of carboxylic acids is 1. The Labute approximate surface area is 133 Å². The van der Waals surface area contributed by atoms with Gasteiger partial charge in [-0.05, 0) is 18.1 Å². The van der Waals surface area contributed by atoms with Gasteiger partial charge in [-0.15, -0.1) is 11.3 Å². The summed E-state index contributed by atoms with van der Waals surface area (Å²) in [5.41, 5.74) is 0.264. The Bertz CT molecular complexity index is 595. The summed E-state index contributed by atoms with van der Waals surface area (Å²) in [7, 11) is -2.05. The zero-order valence-corrected chi connectivity index (χ0v) is 15.2. The van der Waals surface area contributed by atoms with E-state index >= 15 is 0 Å². The van der Waals surface area contributed by atoms with Crippen LogP contribution in [0.1, 0.15) is 53.5 Å². The highest BCUT2D eigenvalue weighted by Crippen LogP contribution is 2.56. The van der Waals surface area contributed by atoms with Gasteiger partial charge >= 0.3 is 5.97 Å². The highest BCUT2D eigenvalue weighted by molar-refractivity contribution is 7.13. The van der Waals surface area contributed by atoms with Gasteiger partial charge in [-0.2, -0.15) is 0 Å². The number of hydrogen-bond acceptors (Lipinski definition) is 4. The molecule has 0 spiro atoms. The Balaban J connectivity index is 2.19. The van der Waals surface area contributed by atoms with E-state index in [9.17, 15) is 18.7 Å². The lowest BCUT2D eigenvalue weighted by atomic mass is 10.2. The van der Waals surface area contributed by atoms with E-state index in [0.717, 1.165) is 11.3 Å². The number of carbonyl (C=O) groups is 1. The monoisotopic (exact) mass is 349 g/mol. The maximum Gasteiger partial charge on any atom is 0.347 e. The molecule has 1 aromatic rings. The molecule has 1 atom stereocenters. The van der Waals surface area contributed by atoms with Crippen LogP contribution in [0.15, 0.2) is 0 Å². The first-order valence-electron chi connectivity index (χ1n) is 7.10. The molecule has 0 amide bonds. The van der Waals surface area contributed by atoms with Crippen molar-refractivity contribution in [2.45, 2.75) is 63.8 Å². The zero-order chi connectivity index (χ0) is 16.9. The second-order valence-electron chi connectivity index (χ2n) is 7.20. The summed E-state index contributed by atoms with van der Waals surface area (Å²) >= 11 is 0.843. The van der Waals surface area contributed by atoms with Crippen molar-refractivity contribution in [2.24, 2.45) is 0 Å². The molecule has 1 aromatic heterocycles. The fraction of sp³-hybridized carbons (Fsp3) is 0.714. The Morgan fingerprint density at radius 1 is 1.50 bits per heavy atom. The van der Waals surface area contributed by atoms with Crippen molar-refractivity contribution in [3.05, 3.63) is 15.6 Å². The van der Waals surface area contributed by atoms with Crippen LogP contribution in [0.4, 0.5) is 8.78 Å². The fourth-order valence-electron chi connectivity index (χ4n) is 1.73. The van der Waals surface area contributed by atoms with Gasteiger partial charge in [-0.3, -0.25) is 0 Å². The predicted molar refractivity (Wildman–Crippen MR) is 83.4 cm³/mol. The van der Waals surface area contributed by atoms with E-state index in [4.69, 9.17) is 4.43 Å². The minimum atomic E-state index is -2.74. The normalized spacial score (nSPS) is 21.0. The summed E-state index contributed by atoms with van der Waals surface area (Å²) in [6.45, 7) is 10.4. The first-order chi connectivity index (χ1) is 9.85. The van der Waals surface area contributed by atoms with Gasteiger partial charge in [-0.25, -0.2) is 18.6 Å². The second kappa shape index (κ2) is 5.35. The predicted octanol–water partition coefficient (Wildman–Crippen LogP) is 4.49. The smallest absolute Gasteiger partial charge is 0.347 e. The molecule has 0 aliphatic heterocycles. The summed E-state index contributed by atoms with van der Waals surface area (Å²) in [6.07, 6.45) is -0.248. The summed E-state index contributed by atoms with van der Waals surface area (Å²) in [5.74, 6) is -4.82. The van der Waals surface area contributed by atoms with Crippen molar-refractivity contribution in [2.75, 3.05) is 0 Å². The lowest BCUT2D eigenvalue weighted by molar-refractivity contribution is 0.0698. The van der Waals surface area contributed by atoms with Crippen LogP contribution in [0.2, 0.25) is 18.1 Å². The molecule has 2 rings (SSSR count). The lowest BCUT2D eigenvalue weighted by Crippen LogP contribution is -2.40. The Hall–Kier alpha value is -0.863. The zero-order valence-electron chi connectivity index (χ0n) is 13.4. The molecule has 1 aliphatic rings. The van der Waals surface area contributed by atoms with Crippen LogP contribution in [0.3, 0.4) is 0 Å². The molecule has 22 heavy (non-hydrogen) atoms. The molecule has 0 radical (unpaired) electrons. The van der Waals surface area contributed by atoms with Crippen LogP contribution >= 0.6 is 11.3 Å². The largest absolute Gasteiger partial charge is 0.477 e. The molecular weight excluding hydrogens is 328 g/mol. The molecule has 0 aromatic carbocycles. The average Bonchev–Trinajstić information content (AvgIpc) is 2.82. The molecule has 1 unspecified atom stereocenters. The van der Waals surface area contributed by atoms with E-state index in [-0.39, 0.29) is 33.6 Å². The third kappa shape index (κ3) is 3.38. The van der Waals surface area contributed by atoms with E-state index in [2.05, 4.69) is 38.8 Å². The molecule has 0 bridgehead atoms. The number of nitrogens with zero attached hydrogens (tertiary/aromatic N) is 1. The minimum Gasteiger partial charge on any atom is -0.477 e. The molecule has 124 valence electrons. The quantitative estimate of drug-likeness (QED) is 0.796. The summed E-state index contributed by atoms with van der Waals surface area (Å²) in [5, 5.41) is 9.43. The van der Waals surface area contributed by atoms with Gasteiger partial charge < -0.3 is 9.53 Å². The summed E-state index contributed by atoms with van der Waals surface area (Å²) < 4.78 is 32.3. The number of aromatic carboxylic acids is 1. The second-order valence-corrected chi connectivity index (χ2v) is 13.0. The SMILES string of the molecule is CC(C)(C)[Si](C)(C)OCc1nc(C2CC2(F)F)sc1C(=O)O. The molecule has 8 heteroatoms. The molecule has 1 aliphatic carbocycles. The van der Waals surface area contributed by atoms with E-state index in [1.807, 2.05) is 0 Å². The summed E-state index contributed by atoms with van der Waals surface area (Å²) in [4.78, 5) is 15.4. The minimum absolute atomic E-state index is 0.0106. The first kappa shape index (κ1) is 17.5. The van der Waals surface area contributed by atoms with Gasteiger partial charge in [0.2, 0.25) is 0 Å². The number of carboxylic acid groups (broad SMARTS) is 1. The third-order valence-corrected chi connectivity index (χ3v) is 10.1. The Morgan fingerprint density at radius 3 is 2.45 bits per heavy atom. The van der Waals surface area contributed by atoms with Gasteiger partial charge in [0, 0.05) is 6.42 Å². The van der Waals surface area contributed by atoms with Crippen molar-refractivity contribution in [3.63, 3.8) is 0 Å². The standard InChI is InChI=1S/C14H21F2NO3SSi/c1-13(2,3)22(4,5)20-7-9-10(12(18)19)21-11(17-9)8-6-14(8,15)16/h8H,6-7H2,1-5H3,(H,18,19). The average molecular weight is 349 g/mol. The van der Waals surface area contributed by atoms with E-state index in [1.54, 1.807) is 0 Å². The number of rotatable bonds is 5. The molecule has 1 saturated carbocycles. The van der Waals surface area contributed by atoms with Crippen LogP contribution in [0, 0.1) is 0 Å². The number of thiazole rings is 1. The first-order valence-corrected chi connectivity index (χ1v) is 10.8. The van der Waals surface area contributed by atoms with Crippen molar-refractivity contribution < 1.29 is 23.1 Å². The van der Waals surface area contributed by atoms with Gasteiger partial charge in [0.05, 0.1) is 18.2 Å². The van der Waals surface area contributed by atoms with Gasteiger partial charge in [-0.1, -0.05) is 20.8 Å². The Morgan fingerprint density at radius 2 is 2.05 bits per heavy atom. The van der Waals surface area contributed by atoms with Crippen LogP contribution < -0.4 is 0 Å². The number of halogens is 2. The highest BCUT2D eigenvalue weighted by Gasteiger charge is 2.59.